The van der Waals surface area contributed by atoms with Crippen LogP contribution in [0.25, 0.3) is 59.8 Å². The highest BCUT2D eigenvalue weighted by atomic mass is 16.5. The number of benzene rings is 6. The lowest BCUT2D eigenvalue weighted by Crippen LogP contribution is -1.94. The van der Waals surface area contributed by atoms with Gasteiger partial charge in [-0.05, 0) is 123 Å². The molecule has 0 aliphatic rings. The first kappa shape index (κ1) is 33.5. The number of aromatic nitrogens is 2. The minimum Gasteiger partial charge on any atom is -0.497 e. The molecular weight excluding hydrogens is 665 g/mol. The van der Waals surface area contributed by atoms with Crippen LogP contribution in [0.4, 0.5) is 0 Å². The lowest BCUT2D eigenvalue weighted by atomic mass is 10.1. The average molecular weight is 697 g/mol. The number of hydrogen-bond acceptors (Lipinski definition) is 3. The summed E-state index contributed by atoms with van der Waals surface area (Å²) >= 11 is 0. The Balaban J connectivity index is 1.11. The molecule has 0 aliphatic carbocycles. The monoisotopic (exact) mass is 696 g/mol. The molecular formula is C48H32N4O2. The maximum atomic E-state index is 9.74. The van der Waals surface area contributed by atoms with Gasteiger partial charge >= 0.3 is 0 Å². The number of aryl methyl sites for hydroxylation is 2. The number of allylic oxidation sites excluding steroid dienone is 2. The van der Waals surface area contributed by atoms with Crippen LogP contribution >= 0.6 is 0 Å². The Morgan fingerprint density at radius 3 is 1.31 bits per heavy atom. The zero-order valence-corrected chi connectivity index (χ0v) is 30.2. The summed E-state index contributed by atoms with van der Waals surface area (Å²) in [5.74, 6) is 13.8. The van der Waals surface area contributed by atoms with Crippen molar-refractivity contribution in [1.29, 1.82) is 5.26 Å². The number of methoxy groups -OCH3 is 2. The molecule has 0 amide bonds. The molecule has 0 aliphatic heterocycles. The molecule has 6 heteroatoms. The van der Waals surface area contributed by atoms with Crippen molar-refractivity contribution in [2.45, 2.75) is 13.8 Å². The lowest BCUT2D eigenvalue weighted by Gasteiger charge is -2.08. The van der Waals surface area contributed by atoms with Gasteiger partial charge in [-0.25, -0.2) is 10.1 Å². The summed E-state index contributed by atoms with van der Waals surface area (Å²) < 4.78 is 15.5. The van der Waals surface area contributed by atoms with Gasteiger partial charge in [-0.2, -0.15) is 0 Å². The number of nitrogens with zero attached hydrogens (tertiary/aromatic N) is 4. The van der Waals surface area contributed by atoms with Gasteiger partial charge in [0.15, 0.2) is 0 Å². The number of nitriles is 1. The third-order valence-electron chi connectivity index (χ3n) is 9.62. The van der Waals surface area contributed by atoms with Gasteiger partial charge < -0.3 is 18.6 Å². The number of rotatable bonds is 4. The highest BCUT2D eigenvalue weighted by molar-refractivity contribution is 6.11. The summed E-state index contributed by atoms with van der Waals surface area (Å²) in [6.07, 6.45) is 0. The number of ether oxygens (including phenoxy) is 2. The van der Waals surface area contributed by atoms with E-state index in [1.807, 2.05) is 78.9 Å². The predicted molar refractivity (Wildman–Crippen MR) is 217 cm³/mol. The van der Waals surface area contributed by atoms with E-state index in [0.29, 0.717) is 0 Å². The van der Waals surface area contributed by atoms with E-state index >= 15 is 0 Å². The molecule has 0 unspecified atom stereocenters. The maximum Gasteiger partial charge on any atom is 0.285 e. The number of hydrogen-bond donors (Lipinski definition) is 0. The van der Waals surface area contributed by atoms with Crippen LogP contribution in [0.3, 0.4) is 0 Å². The Morgan fingerprint density at radius 1 is 0.556 bits per heavy atom. The van der Waals surface area contributed by atoms with Crippen molar-refractivity contribution >= 4 is 43.6 Å². The summed E-state index contributed by atoms with van der Waals surface area (Å²) in [6.45, 7) is 11.8. The largest absolute Gasteiger partial charge is 0.497 e. The second kappa shape index (κ2) is 13.8. The molecule has 0 spiro atoms. The normalized spacial score (nSPS) is 11.3. The fraction of sp³-hybridized carbons (Fsp3) is 0.0833. The molecule has 256 valence electrons. The van der Waals surface area contributed by atoms with E-state index in [0.717, 1.165) is 66.8 Å². The van der Waals surface area contributed by atoms with Crippen molar-refractivity contribution in [3.63, 3.8) is 0 Å². The first-order valence-electron chi connectivity index (χ1n) is 17.3. The van der Waals surface area contributed by atoms with Gasteiger partial charge in [0.05, 0.1) is 54.5 Å². The Hall–Kier alpha value is -7.64. The molecule has 0 saturated heterocycles. The van der Waals surface area contributed by atoms with Gasteiger partial charge in [0.1, 0.15) is 11.5 Å². The molecule has 0 fully saturated rings. The number of fused-ring (bicyclic) bond motifs is 6. The average Bonchev–Trinajstić information content (AvgIpc) is 3.70. The van der Waals surface area contributed by atoms with Gasteiger partial charge in [0.2, 0.25) is 0 Å². The van der Waals surface area contributed by atoms with Crippen LogP contribution < -0.4 is 9.47 Å². The van der Waals surface area contributed by atoms with Crippen molar-refractivity contribution in [3.05, 3.63) is 166 Å². The van der Waals surface area contributed by atoms with E-state index in [9.17, 15) is 5.26 Å². The highest BCUT2D eigenvalue weighted by Gasteiger charge is 2.15. The molecule has 0 saturated carbocycles. The smallest absolute Gasteiger partial charge is 0.285 e. The summed E-state index contributed by atoms with van der Waals surface area (Å²) in [7, 11) is 3.33. The predicted octanol–water partition coefficient (Wildman–Crippen LogP) is 10.6. The minimum atomic E-state index is -0.143. The molecule has 54 heavy (non-hydrogen) atoms. The Bertz CT molecular complexity index is 2910. The zero-order chi connectivity index (χ0) is 37.3. The molecule has 8 rings (SSSR count). The van der Waals surface area contributed by atoms with Crippen molar-refractivity contribution in [3.8, 4) is 52.6 Å². The van der Waals surface area contributed by atoms with Gasteiger partial charge in [0, 0.05) is 44.0 Å². The van der Waals surface area contributed by atoms with Crippen LogP contribution in [0.15, 0.2) is 133 Å². The van der Waals surface area contributed by atoms with Crippen molar-refractivity contribution in [2.24, 2.45) is 0 Å². The standard InChI is InChI=1S/C48H32N4O2/c1-31-6-22-45-40(26-31)41-27-32(2)7-23-46(41)51(45)36-16-10-33(11-17-36)8-14-35(44(30-49)50-3)15-9-34-12-18-37(19-13-34)52-47-24-20-38(53-4)28-42(47)43-29-39(54-5)21-25-48(43)52/h6-7,10-13,16-29H,1-2,4-5H3/b44-35+. The minimum absolute atomic E-state index is 0.143. The summed E-state index contributed by atoms with van der Waals surface area (Å²) in [4.78, 5) is 3.42. The highest BCUT2D eigenvalue weighted by Crippen LogP contribution is 2.36. The van der Waals surface area contributed by atoms with E-state index in [4.69, 9.17) is 16.0 Å². The van der Waals surface area contributed by atoms with E-state index < -0.39 is 0 Å². The summed E-state index contributed by atoms with van der Waals surface area (Å²) in [6, 6.07) is 43.0. The molecule has 0 N–H and O–H groups in total. The van der Waals surface area contributed by atoms with Gasteiger partial charge in [-0.1, -0.05) is 46.9 Å². The van der Waals surface area contributed by atoms with Crippen LogP contribution in [-0.2, 0) is 0 Å². The fourth-order valence-corrected chi connectivity index (χ4v) is 6.99. The second-order valence-corrected chi connectivity index (χ2v) is 13.0. The van der Waals surface area contributed by atoms with Crippen LogP contribution in [0, 0.1) is 55.4 Å². The van der Waals surface area contributed by atoms with Gasteiger partial charge in [-0.15, -0.1) is 0 Å². The third kappa shape index (κ3) is 5.95. The lowest BCUT2D eigenvalue weighted by molar-refractivity contribution is 0.415. The van der Waals surface area contributed by atoms with E-state index in [1.165, 1.54) is 21.9 Å². The van der Waals surface area contributed by atoms with Crippen LogP contribution in [-0.4, -0.2) is 23.4 Å². The maximum absolute atomic E-state index is 9.74. The van der Waals surface area contributed by atoms with Crippen LogP contribution in [0.2, 0.25) is 0 Å². The molecule has 6 nitrogen and oxygen atoms in total. The molecule has 2 aromatic heterocycles. The molecule has 2 heterocycles. The van der Waals surface area contributed by atoms with Gasteiger partial charge in [0.25, 0.3) is 5.70 Å². The van der Waals surface area contributed by atoms with E-state index in [1.54, 1.807) is 14.2 Å². The van der Waals surface area contributed by atoms with E-state index in [2.05, 4.69) is 100 Å². The summed E-state index contributed by atoms with van der Waals surface area (Å²) in [5, 5.41) is 14.3. The molecule has 6 aromatic carbocycles. The molecule has 0 radical (unpaired) electrons. The Kier molecular flexibility index (Phi) is 8.58. The SMILES string of the molecule is [C-]#[N+]/C(C#N)=C(\C#Cc1ccc(-n2c3ccc(C)cc3c3cc(C)ccc32)cc1)C#Cc1ccc(-n2c3ccc(OC)cc3c3cc(OC)ccc32)cc1. The van der Waals surface area contributed by atoms with Crippen molar-refractivity contribution < 1.29 is 9.47 Å². The topological polar surface area (TPSA) is 56.5 Å². The van der Waals surface area contributed by atoms with E-state index in [-0.39, 0.29) is 11.3 Å². The first-order chi connectivity index (χ1) is 26.4. The molecule has 0 atom stereocenters. The van der Waals surface area contributed by atoms with Crippen LogP contribution in [0.1, 0.15) is 22.3 Å². The van der Waals surface area contributed by atoms with Crippen molar-refractivity contribution in [1.82, 2.24) is 9.13 Å². The fourth-order valence-electron chi connectivity index (χ4n) is 6.99. The van der Waals surface area contributed by atoms with Gasteiger partial charge in [-0.3, -0.25) is 0 Å². The quantitative estimate of drug-likeness (QED) is 0.105. The zero-order valence-electron chi connectivity index (χ0n) is 30.2. The first-order valence-corrected chi connectivity index (χ1v) is 17.3. The Labute approximate surface area is 313 Å². The Morgan fingerprint density at radius 2 is 0.944 bits per heavy atom. The summed E-state index contributed by atoms with van der Waals surface area (Å²) in [5.41, 5.74) is 10.3. The van der Waals surface area contributed by atoms with Crippen LogP contribution in [0.5, 0.6) is 11.5 Å². The third-order valence-corrected chi connectivity index (χ3v) is 9.62. The van der Waals surface area contributed by atoms with Crippen molar-refractivity contribution in [2.75, 3.05) is 14.2 Å². The molecule has 8 aromatic rings. The second-order valence-electron chi connectivity index (χ2n) is 13.0. The molecule has 0 bridgehead atoms.